The van der Waals surface area contributed by atoms with E-state index in [9.17, 15) is 8.42 Å². The topological polar surface area (TPSA) is 80.3 Å². The van der Waals surface area contributed by atoms with Crippen LogP contribution in [0.15, 0.2) is 17.2 Å². The maximum absolute atomic E-state index is 12.1. The summed E-state index contributed by atoms with van der Waals surface area (Å²) in [6.45, 7) is 4.55. The van der Waals surface area contributed by atoms with Gasteiger partial charge < -0.3 is 10.1 Å². The van der Waals surface area contributed by atoms with Crippen LogP contribution in [0.1, 0.15) is 13.8 Å². The largest absolute Gasteiger partial charge is 0.383 e. The zero-order chi connectivity index (χ0) is 14.5. The van der Waals surface area contributed by atoms with Crippen LogP contribution in [0.2, 0.25) is 5.02 Å². The molecular formula is C11H18ClN3O3S. The van der Waals surface area contributed by atoms with Crippen molar-refractivity contribution in [1.82, 2.24) is 9.71 Å². The van der Waals surface area contributed by atoms with Gasteiger partial charge in [0.2, 0.25) is 10.0 Å². The van der Waals surface area contributed by atoms with Crippen LogP contribution in [0, 0.1) is 0 Å². The van der Waals surface area contributed by atoms with E-state index in [0.717, 1.165) is 0 Å². The predicted molar refractivity (Wildman–Crippen MR) is 75.1 cm³/mol. The molecular weight excluding hydrogens is 290 g/mol. The van der Waals surface area contributed by atoms with Crippen LogP contribution in [0.3, 0.4) is 0 Å². The maximum Gasteiger partial charge on any atom is 0.242 e. The number of methoxy groups -OCH3 is 1. The number of hydrogen-bond acceptors (Lipinski definition) is 5. The molecule has 1 heterocycles. The molecule has 1 atom stereocenters. The van der Waals surface area contributed by atoms with Crippen molar-refractivity contribution in [3.05, 3.63) is 17.3 Å². The van der Waals surface area contributed by atoms with Crippen LogP contribution in [-0.2, 0) is 14.8 Å². The SMILES string of the molecule is CCNc1ncc(S(=O)(=O)NC(C)COC)cc1Cl. The van der Waals surface area contributed by atoms with E-state index < -0.39 is 10.0 Å². The fourth-order valence-corrected chi connectivity index (χ4v) is 2.98. The van der Waals surface area contributed by atoms with Crippen molar-refractivity contribution in [2.24, 2.45) is 0 Å². The molecule has 108 valence electrons. The van der Waals surface area contributed by atoms with Gasteiger partial charge in [0.05, 0.1) is 11.6 Å². The molecule has 8 heteroatoms. The maximum atomic E-state index is 12.1. The summed E-state index contributed by atoms with van der Waals surface area (Å²) in [6.07, 6.45) is 1.27. The molecule has 0 fully saturated rings. The summed E-state index contributed by atoms with van der Waals surface area (Å²) < 4.78 is 31.5. The summed E-state index contributed by atoms with van der Waals surface area (Å²) in [6, 6.07) is 1.04. The molecule has 0 aromatic carbocycles. The molecule has 0 bridgehead atoms. The van der Waals surface area contributed by atoms with Gasteiger partial charge in [-0.1, -0.05) is 11.6 Å². The first-order valence-corrected chi connectivity index (χ1v) is 7.67. The minimum Gasteiger partial charge on any atom is -0.383 e. The van der Waals surface area contributed by atoms with Crippen molar-refractivity contribution in [2.75, 3.05) is 25.6 Å². The number of aromatic nitrogens is 1. The Hall–Kier alpha value is -0.890. The van der Waals surface area contributed by atoms with Crippen LogP contribution in [0.25, 0.3) is 0 Å². The third-order valence-electron chi connectivity index (χ3n) is 2.24. The highest BCUT2D eigenvalue weighted by Gasteiger charge is 2.19. The highest BCUT2D eigenvalue weighted by molar-refractivity contribution is 7.89. The summed E-state index contributed by atoms with van der Waals surface area (Å²) in [5.41, 5.74) is 0. The molecule has 0 spiro atoms. The van der Waals surface area contributed by atoms with Crippen LogP contribution >= 0.6 is 11.6 Å². The van der Waals surface area contributed by atoms with Crippen LogP contribution in [0.4, 0.5) is 5.82 Å². The Morgan fingerprint density at radius 1 is 1.53 bits per heavy atom. The smallest absolute Gasteiger partial charge is 0.242 e. The first kappa shape index (κ1) is 16.2. The lowest BCUT2D eigenvalue weighted by molar-refractivity contribution is 0.180. The average molecular weight is 308 g/mol. The molecule has 2 N–H and O–H groups in total. The number of rotatable bonds is 7. The predicted octanol–water partition coefficient (Wildman–Crippen LogP) is 1.48. The Balaban J connectivity index is 2.93. The Kier molecular flexibility index (Phi) is 5.99. The fraction of sp³-hybridized carbons (Fsp3) is 0.545. The molecule has 0 aliphatic rings. The van der Waals surface area contributed by atoms with Gasteiger partial charge in [0, 0.05) is 25.9 Å². The van der Waals surface area contributed by atoms with E-state index in [-0.39, 0.29) is 22.6 Å². The molecule has 1 aromatic rings. The van der Waals surface area contributed by atoms with E-state index in [1.165, 1.54) is 19.4 Å². The summed E-state index contributed by atoms with van der Waals surface area (Å²) >= 11 is 5.97. The van der Waals surface area contributed by atoms with Gasteiger partial charge in [-0.25, -0.2) is 18.1 Å². The average Bonchev–Trinajstić information content (AvgIpc) is 2.31. The molecule has 0 radical (unpaired) electrons. The molecule has 6 nitrogen and oxygen atoms in total. The first-order valence-electron chi connectivity index (χ1n) is 5.81. The van der Waals surface area contributed by atoms with Gasteiger partial charge in [-0.2, -0.15) is 0 Å². The number of halogens is 1. The van der Waals surface area contributed by atoms with Crippen LogP contribution < -0.4 is 10.0 Å². The zero-order valence-corrected chi connectivity index (χ0v) is 12.7. The Labute approximate surface area is 118 Å². The highest BCUT2D eigenvalue weighted by atomic mass is 35.5. The van der Waals surface area contributed by atoms with Crippen molar-refractivity contribution in [1.29, 1.82) is 0 Å². The quantitative estimate of drug-likeness (QED) is 0.797. The normalized spacial score (nSPS) is 13.3. The lowest BCUT2D eigenvalue weighted by Crippen LogP contribution is -2.35. The number of nitrogens with zero attached hydrogens (tertiary/aromatic N) is 1. The molecule has 0 saturated heterocycles. The van der Waals surface area contributed by atoms with Gasteiger partial charge in [-0.3, -0.25) is 0 Å². The molecule has 0 aliphatic carbocycles. The van der Waals surface area contributed by atoms with Crippen molar-refractivity contribution in [2.45, 2.75) is 24.8 Å². The molecule has 1 aromatic heterocycles. The lowest BCUT2D eigenvalue weighted by atomic mass is 10.4. The molecule has 0 saturated carbocycles. The van der Waals surface area contributed by atoms with Gasteiger partial charge in [-0.05, 0) is 19.9 Å². The third kappa shape index (κ3) is 4.61. The van der Waals surface area contributed by atoms with E-state index in [0.29, 0.717) is 12.4 Å². The summed E-state index contributed by atoms with van der Waals surface area (Å²) in [5.74, 6) is 0.466. The third-order valence-corrected chi connectivity index (χ3v) is 4.09. The lowest BCUT2D eigenvalue weighted by Gasteiger charge is -2.13. The standard InChI is InChI=1S/C11H18ClN3O3S/c1-4-13-11-10(12)5-9(6-14-11)19(16,17)15-8(2)7-18-3/h5-6,8,15H,4,7H2,1-3H3,(H,13,14). The van der Waals surface area contributed by atoms with Gasteiger partial charge in [-0.15, -0.1) is 0 Å². The highest BCUT2D eigenvalue weighted by Crippen LogP contribution is 2.22. The molecule has 1 rings (SSSR count). The van der Waals surface area contributed by atoms with E-state index in [1.54, 1.807) is 6.92 Å². The van der Waals surface area contributed by atoms with E-state index in [1.807, 2.05) is 6.92 Å². The van der Waals surface area contributed by atoms with Gasteiger partial charge in [0.15, 0.2) is 0 Å². The van der Waals surface area contributed by atoms with E-state index in [4.69, 9.17) is 16.3 Å². The van der Waals surface area contributed by atoms with E-state index >= 15 is 0 Å². The molecule has 19 heavy (non-hydrogen) atoms. The number of nitrogens with one attached hydrogen (secondary N) is 2. The van der Waals surface area contributed by atoms with Crippen LogP contribution in [-0.4, -0.2) is 39.7 Å². The fourth-order valence-electron chi connectivity index (χ4n) is 1.48. The first-order chi connectivity index (χ1) is 8.90. The monoisotopic (exact) mass is 307 g/mol. The second-order valence-electron chi connectivity index (χ2n) is 4.01. The Morgan fingerprint density at radius 3 is 2.74 bits per heavy atom. The van der Waals surface area contributed by atoms with Crippen molar-refractivity contribution in [3.63, 3.8) is 0 Å². The molecule has 0 aliphatic heterocycles. The number of hydrogen-bond donors (Lipinski definition) is 2. The van der Waals surface area contributed by atoms with Gasteiger partial charge in [0.1, 0.15) is 10.7 Å². The van der Waals surface area contributed by atoms with Crippen LogP contribution in [0.5, 0.6) is 0 Å². The van der Waals surface area contributed by atoms with Crippen molar-refractivity contribution >= 4 is 27.4 Å². The number of pyridine rings is 1. The zero-order valence-electron chi connectivity index (χ0n) is 11.1. The summed E-state index contributed by atoms with van der Waals surface area (Å²) in [7, 11) is -2.13. The van der Waals surface area contributed by atoms with Gasteiger partial charge >= 0.3 is 0 Å². The van der Waals surface area contributed by atoms with E-state index in [2.05, 4.69) is 15.0 Å². The minimum atomic E-state index is -3.64. The number of ether oxygens (including phenoxy) is 1. The Morgan fingerprint density at radius 2 is 2.21 bits per heavy atom. The van der Waals surface area contributed by atoms with Crippen molar-refractivity contribution < 1.29 is 13.2 Å². The number of anilines is 1. The molecule has 1 unspecified atom stereocenters. The minimum absolute atomic E-state index is 0.0297. The Bertz CT molecular complexity index is 522. The summed E-state index contributed by atoms with van der Waals surface area (Å²) in [5, 5.41) is 3.20. The second kappa shape index (κ2) is 7.04. The molecule has 0 amide bonds. The number of sulfonamides is 1. The van der Waals surface area contributed by atoms with Gasteiger partial charge in [0.25, 0.3) is 0 Å². The van der Waals surface area contributed by atoms with Crippen molar-refractivity contribution in [3.8, 4) is 0 Å². The second-order valence-corrected chi connectivity index (χ2v) is 6.13. The summed E-state index contributed by atoms with van der Waals surface area (Å²) in [4.78, 5) is 4.02.